The minimum absolute atomic E-state index is 0.366. The molecule has 12 heavy (non-hydrogen) atoms. The first-order valence-electron chi connectivity index (χ1n) is 4.50. The van der Waals surface area contributed by atoms with Crippen molar-refractivity contribution in [3.63, 3.8) is 0 Å². The van der Waals surface area contributed by atoms with Crippen LogP contribution in [-0.2, 0) is 4.43 Å². The second-order valence-electron chi connectivity index (χ2n) is 2.69. The number of rotatable bonds is 8. The molecule has 0 aliphatic heterocycles. The zero-order valence-electron chi connectivity index (χ0n) is 8.10. The van der Waals surface area contributed by atoms with Crippen LogP contribution in [0.4, 0.5) is 0 Å². The van der Waals surface area contributed by atoms with Crippen molar-refractivity contribution in [1.82, 2.24) is 10.6 Å². The molecule has 4 nitrogen and oxygen atoms in total. The van der Waals surface area contributed by atoms with Gasteiger partial charge in [0.05, 0.1) is 12.9 Å². The lowest BCUT2D eigenvalue weighted by molar-refractivity contribution is 0.263. The predicted octanol–water partition coefficient (Wildman–Crippen LogP) is -1.49. The molecule has 1 unspecified atom stereocenters. The number of hydrogen-bond acceptors (Lipinski definition) is 4. The molecule has 0 bridgehead atoms. The summed E-state index contributed by atoms with van der Waals surface area (Å²) in [5.74, 6) is 0. The fourth-order valence-electron chi connectivity index (χ4n) is 0.923. The van der Waals surface area contributed by atoms with Crippen LogP contribution in [0.25, 0.3) is 0 Å². The quantitative estimate of drug-likeness (QED) is 0.248. The molecule has 0 rings (SSSR count). The van der Waals surface area contributed by atoms with Gasteiger partial charge in [-0.25, -0.2) is 0 Å². The fraction of sp³-hybridized carbons (Fsp3) is 1.00. The van der Waals surface area contributed by atoms with E-state index in [4.69, 9.17) is 10.2 Å². The predicted molar refractivity (Wildman–Crippen MR) is 54.8 cm³/mol. The molecule has 0 saturated heterocycles. The molecule has 0 aromatic carbocycles. The molecule has 4 N–H and O–H groups in total. The summed E-state index contributed by atoms with van der Waals surface area (Å²) >= 11 is 0. The average molecular weight is 191 g/mol. The lowest BCUT2D eigenvalue weighted by Crippen LogP contribution is -2.43. The first-order valence-corrected chi connectivity index (χ1v) is 5.32. The minimum Gasteiger partial charge on any atom is -0.415 e. The SMILES string of the molecule is CCC(NCCCN)NCO[SiH3]. The Morgan fingerprint density at radius 3 is 2.75 bits per heavy atom. The molecule has 0 fully saturated rings. The topological polar surface area (TPSA) is 59.3 Å². The van der Waals surface area contributed by atoms with Crippen molar-refractivity contribution in [1.29, 1.82) is 0 Å². The summed E-state index contributed by atoms with van der Waals surface area (Å²) in [6, 6.07) is 0. The van der Waals surface area contributed by atoms with Gasteiger partial charge in [0.2, 0.25) is 0 Å². The third-order valence-corrected chi connectivity index (χ3v) is 1.94. The molecule has 0 heterocycles. The van der Waals surface area contributed by atoms with Crippen molar-refractivity contribution in [2.45, 2.75) is 25.9 Å². The van der Waals surface area contributed by atoms with Gasteiger partial charge in [0.15, 0.2) is 0 Å². The summed E-state index contributed by atoms with van der Waals surface area (Å²) in [4.78, 5) is 0. The smallest absolute Gasteiger partial charge is 0.147 e. The summed E-state index contributed by atoms with van der Waals surface area (Å²) in [6.45, 7) is 4.52. The Labute approximate surface area is 77.8 Å². The van der Waals surface area contributed by atoms with Crippen molar-refractivity contribution in [3.8, 4) is 0 Å². The van der Waals surface area contributed by atoms with Gasteiger partial charge in [-0.05, 0) is 25.9 Å². The Kier molecular flexibility index (Phi) is 9.19. The molecule has 0 aromatic rings. The van der Waals surface area contributed by atoms with Crippen LogP contribution in [0.5, 0.6) is 0 Å². The second-order valence-corrected chi connectivity index (χ2v) is 3.27. The van der Waals surface area contributed by atoms with E-state index in [-0.39, 0.29) is 0 Å². The van der Waals surface area contributed by atoms with Gasteiger partial charge < -0.3 is 15.5 Å². The van der Waals surface area contributed by atoms with Crippen molar-refractivity contribution < 1.29 is 4.43 Å². The summed E-state index contributed by atoms with van der Waals surface area (Å²) < 4.78 is 5.04. The van der Waals surface area contributed by atoms with Gasteiger partial charge >= 0.3 is 0 Å². The van der Waals surface area contributed by atoms with Gasteiger partial charge in [-0.3, -0.25) is 5.32 Å². The number of nitrogens with one attached hydrogen (secondary N) is 2. The first kappa shape index (κ1) is 12.1. The van der Waals surface area contributed by atoms with E-state index < -0.39 is 0 Å². The van der Waals surface area contributed by atoms with E-state index in [0.717, 1.165) is 36.4 Å². The highest BCUT2D eigenvalue weighted by atomic mass is 28.2. The standard InChI is InChI=1S/C7H21N3OSi/c1-2-7(10-6-11-12)9-5-3-4-8/h7,9-10H,2-6,8H2,1,12H3. The van der Waals surface area contributed by atoms with Crippen LogP contribution in [0.15, 0.2) is 0 Å². The van der Waals surface area contributed by atoms with E-state index in [9.17, 15) is 0 Å². The highest BCUT2D eigenvalue weighted by Gasteiger charge is 2.01. The van der Waals surface area contributed by atoms with Gasteiger partial charge in [-0.1, -0.05) is 6.92 Å². The maximum atomic E-state index is 5.38. The Morgan fingerprint density at radius 1 is 1.50 bits per heavy atom. The lowest BCUT2D eigenvalue weighted by Gasteiger charge is -2.17. The summed E-state index contributed by atoms with van der Waals surface area (Å²) in [6.07, 6.45) is 2.46. The average Bonchev–Trinajstić information content (AvgIpc) is 2.11. The molecule has 74 valence electrons. The first-order chi connectivity index (χ1) is 5.85. The molecule has 0 radical (unpaired) electrons. The van der Waals surface area contributed by atoms with Crippen LogP contribution >= 0.6 is 0 Å². The molecule has 5 heteroatoms. The van der Waals surface area contributed by atoms with Crippen LogP contribution in [0.3, 0.4) is 0 Å². The van der Waals surface area contributed by atoms with Gasteiger partial charge in [-0.2, -0.15) is 0 Å². The van der Waals surface area contributed by atoms with Crippen LogP contribution in [0.2, 0.25) is 0 Å². The van der Waals surface area contributed by atoms with E-state index >= 15 is 0 Å². The summed E-state index contributed by atoms with van der Waals surface area (Å²) in [5, 5.41) is 6.59. The van der Waals surface area contributed by atoms with Gasteiger partial charge in [0.25, 0.3) is 0 Å². The van der Waals surface area contributed by atoms with E-state index in [1.54, 1.807) is 0 Å². The van der Waals surface area contributed by atoms with E-state index in [0.29, 0.717) is 12.9 Å². The number of hydrogen-bond donors (Lipinski definition) is 3. The van der Waals surface area contributed by atoms with Gasteiger partial charge in [-0.15, -0.1) is 0 Å². The zero-order valence-corrected chi connectivity index (χ0v) is 10.1. The summed E-state index contributed by atoms with van der Waals surface area (Å²) in [5.41, 5.74) is 5.38. The van der Waals surface area contributed by atoms with E-state index in [2.05, 4.69) is 17.6 Å². The third-order valence-electron chi connectivity index (χ3n) is 1.65. The number of nitrogens with two attached hydrogens (primary N) is 1. The summed E-state index contributed by atoms with van der Waals surface area (Å²) in [7, 11) is 0.792. The molecule has 1 atom stereocenters. The van der Waals surface area contributed by atoms with Crippen molar-refractivity contribution in [3.05, 3.63) is 0 Å². The normalized spacial score (nSPS) is 13.5. The lowest BCUT2D eigenvalue weighted by atomic mass is 10.3. The molecular formula is C7H21N3OSi. The van der Waals surface area contributed by atoms with Gasteiger partial charge in [0, 0.05) is 0 Å². The molecule has 0 aliphatic rings. The maximum absolute atomic E-state index is 5.38. The Bertz CT molecular complexity index is 94.7. The van der Waals surface area contributed by atoms with Crippen LogP contribution in [0.1, 0.15) is 19.8 Å². The molecule has 0 spiro atoms. The second kappa shape index (κ2) is 9.15. The van der Waals surface area contributed by atoms with Crippen molar-refractivity contribution >= 4 is 10.5 Å². The fourth-order valence-corrected chi connectivity index (χ4v) is 1.09. The Morgan fingerprint density at radius 2 is 2.25 bits per heavy atom. The Hall–Kier alpha value is 0.0569. The molecule has 0 saturated carbocycles. The highest BCUT2D eigenvalue weighted by Crippen LogP contribution is 1.85. The van der Waals surface area contributed by atoms with Crippen molar-refractivity contribution in [2.75, 3.05) is 19.8 Å². The van der Waals surface area contributed by atoms with Crippen LogP contribution in [0, 0.1) is 0 Å². The Balaban J connectivity index is 3.26. The maximum Gasteiger partial charge on any atom is 0.147 e. The zero-order chi connectivity index (χ0) is 9.23. The third kappa shape index (κ3) is 6.75. The van der Waals surface area contributed by atoms with Crippen LogP contribution in [-0.4, -0.2) is 36.5 Å². The highest BCUT2D eigenvalue weighted by molar-refractivity contribution is 5.97. The van der Waals surface area contributed by atoms with Crippen molar-refractivity contribution in [2.24, 2.45) is 5.73 Å². The molecule has 0 aliphatic carbocycles. The minimum atomic E-state index is 0.366. The largest absolute Gasteiger partial charge is 0.415 e. The molecule has 0 amide bonds. The molecule has 0 aromatic heterocycles. The van der Waals surface area contributed by atoms with Gasteiger partial charge in [0.1, 0.15) is 10.5 Å². The molecular weight excluding hydrogens is 170 g/mol. The van der Waals surface area contributed by atoms with E-state index in [1.165, 1.54) is 0 Å². The monoisotopic (exact) mass is 191 g/mol. The van der Waals surface area contributed by atoms with Crippen LogP contribution < -0.4 is 16.4 Å². The van der Waals surface area contributed by atoms with E-state index in [1.807, 2.05) is 0 Å².